The summed E-state index contributed by atoms with van der Waals surface area (Å²) in [4.78, 5) is 12.3. The van der Waals surface area contributed by atoms with Crippen LogP contribution >= 0.6 is 0 Å². The lowest BCUT2D eigenvalue weighted by Crippen LogP contribution is -1.92. The Balaban J connectivity index is 1.69. The number of rotatable bonds is 3. The number of nitrogens with zero attached hydrogens (tertiary/aromatic N) is 3. The minimum Gasteiger partial charge on any atom is -0.424 e. The van der Waals surface area contributed by atoms with Crippen molar-refractivity contribution in [1.29, 1.82) is 0 Å². The van der Waals surface area contributed by atoms with Crippen molar-refractivity contribution in [3.05, 3.63) is 59.3 Å². The monoisotopic (exact) mass is 368 g/mol. The summed E-state index contributed by atoms with van der Waals surface area (Å²) in [6.45, 7) is 3.43. The molecule has 0 saturated heterocycles. The predicted molar refractivity (Wildman–Crippen MR) is 91.1 cm³/mol. The van der Waals surface area contributed by atoms with E-state index in [1.165, 1.54) is 6.20 Å². The number of benzene rings is 2. The van der Waals surface area contributed by atoms with E-state index in [0.29, 0.717) is 22.2 Å². The van der Waals surface area contributed by atoms with Crippen molar-refractivity contribution in [3.8, 4) is 29.0 Å². The number of oxazole rings is 1. The maximum Gasteiger partial charge on any atom is 0.325 e. The molecule has 0 fully saturated rings. The van der Waals surface area contributed by atoms with Crippen LogP contribution in [-0.2, 0) is 5.11 Å². The average Bonchev–Trinajstić information content (AvgIpc) is 3.01. The number of hydrogen-bond donors (Lipinski definition) is 0. The third-order valence-corrected chi connectivity index (χ3v) is 3.88. The van der Waals surface area contributed by atoms with Gasteiger partial charge in [0.15, 0.2) is 5.75 Å². The second kappa shape index (κ2) is 6.31. The topological polar surface area (TPSA) is 80.9 Å². The fourth-order valence-electron chi connectivity index (χ4n) is 2.66. The number of aromatic nitrogens is 3. The molecule has 0 aliphatic carbocycles. The maximum atomic E-state index is 13.3. The highest BCUT2D eigenvalue weighted by atomic mass is 19.1. The van der Waals surface area contributed by atoms with E-state index < -0.39 is 11.6 Å². The smallest absolute Gasteiger partial charge is 0.325 e. The van der Waals surface area contributed by atoms with E-state index in [0.717, 1.165) is 18.2 Å². The summed E-state index contributed by atoms with van der Waals surface area (Å²) in [7, 11) is 0. The van der Waals surface area contributed by atoms with Crippen LogP contribution in [0.5, 0.6) is 17.5 Å². The molecule has 8 heteroatoms. The van der Waals surface area contributed by atoms with Gasteiger partial charge in [-0.3, -0.25) is 5.11 Å². The lowest BCUT2D eigenvalue weighted by atomic mass is 10.1. The Bertz CT molecular complexity index is 1130. The van der Waals surface area contributed by atoms with Gasteiger partial charge in [-0.05, 0) is 37.1 Å². The first-order chi connectivity index (χ1) is 12.9. The van der Waals surface area contributed by atoms with Gasteiger partial charge in [0.05, 0.1) is 6.20 Å². The van der Waals surface area contributed by atoms with E-state index in [1.807, 2.05) is 0 Å². The van der Waals surface area contributed by atoms with Crippen LogP contribution in [0.3, 0.4) is 0 Å². The van der Waals surface area contributed by atoms with Crippen LogP contribution in [0.2, 0.25) is 0 Å². The molecule has 0 saturated carbocycles. The largest absolute Gasteiger partial charge is 0.424 e. The number of ether oxygens (including phenoxy) is 1. The number of fused-ring (bicyclic) bond motifs is 1. The van der Waals surface area contributed by atoms with Gasteiger partial charge in [-0.1, -0.05) is 0 Å². The van der Waals surface area contributed by atoms with Gasteiger partial charge in [-0.2, -0.15) is 4.98 Å². The summed E-state index contributed by atoms with van der Waals surface area (Å²) in [5.74, 6) is -1.39. The van der Waals surface area contributed by atoms with Crippen LogP contribution in [0.25, 0.3) is 22.7 Å². The molecular weight excluding hydrogens is 356 g/mol. The van der Waals surface area contributed by atoms with E-state index in [2.05, 4.69) is 15.0 Å². The summed E-state index contributed by atoms with van der Waals surface area (Å²) >= 11 is 0. The van der Waals surface area contributed by atoms with Gasteiger partial charge in [0, 0.05) is 23.8 Å². The summed E-state index contributed by atoms with van der Waals surface area (Å²) in [6, 6.07) is 5.98. The molecule has 135 valence electrons. The van der Waals surface area contributed by atoms with Crippen molar-refractivity contribution < 1.29 is 23.0 Å². The van der Waals surface area contributed by atoms with Crippen molar-refractivity contribution in [2.75, 3.05) is 0 Å². The molecule has 0 aliphatic rings. The standard InChI is InChI=1S/C19H12F2N3O3/c1-9-3-11(4-10(2)16(9)25)17-23-15-8-22-19(24-18(15)27-17)26-14-6-12(20)5-13(21)7-14/h3-8H,1-2H3. The lowest BCUT2D eigenvalue weighted by Gasteiger charge is -2.03. The summed E-state index contributed by atoms with van der Waals surface area (Å²) in [5, 5.41) is 11.8. The maximum absolute atomic E-state index is 13.3. The zero-order valence-electron chi connectivity index (χ0n) is 14.3. The first kappa shape index (κ1) is 16.9. The van der Waals surface area contributed by atoms with Crippen LogP contribution in [0.4, 0.5) is 8.78 Å². The molecule has 2 heterocycles. The van der Waals surface area contributed by atoms with E-state index in [-0.39, 0.29) is 29.1 Å². The SMILES string of the molecule is Cc1cc(-c2nc3cnc(Oc4cc(F)cc(F)c4)nc3o2)cc(C)c1[O]. The summed E-state index contributed by atoms with van der Waals surface area (Å²) < 4.78 is 37.4. The highest BCUT2D eigenvalue weighted by Crippen LogP contribution is 2.31. The Morgan fingerprint density at radius 3 is 2.30 bits per heavy atom. The Kier molecular flexibility index (Phi) is 3.95. The second-order valence-corrected chi connectivity index (χ2v) is 6.01. The Labute approximate surface area is 152 Å². The van der Waals surface area contributed by atoms with Crippen molar-refractivity contribution in [3.63, 3.8) is 0 Å². The van der Waals surface area contributed by atoms with Crippen molar-refractivity contribution >= 4 is 11.2 Å². The molecule has 0 aliphatic heterocycles. The molecule has 1 radical (unpaired) electrons. The van der Waals surface area contributed by atoms with Crippen LogP contribution in [0.1, 0.15) is 11.1 Å². The van der Waals surface area contributed by atoms with Crippen LogP contribution in [-0.4, -0.2) is 15.0 Å². The normalized spacial score (nSPS) is 11.1. The number of aryl methyl sites for hydroxylation is 2. The molecule has 0 N–H and O–H groups in total. The van der Waals surface area contributed by atoms with E-state index in [1.54, 1.807) is 26.0 Å². The van der Waals surface area contributed by atoms with E-state index >= 15 is 0 Å². The van der Waals surface area contributed by atoms with Crippen molar-refractivity contribution in [2.24, 2.45) is 0 Å². The molecule has 4 aromatic rings. The molecular formula is C19H12F2N3O3. The van der Waals surface area contributed by atoms with Gasteiger partial charge < -0.3 is 9.15 Å². The average molecular weight is 368 g/mol. The molecule has 0 atom stereocenters. The lowest BCUT2D eigenvalue weighted by molar-refractivity contribution is 0.348. The quantitative estimate of drug-likeness (QED) is 0.501. The molecule has 27 heavy (non-hydrogen) atoms. The number of halogens is 2. The molecule has 0 spiro atoms. The Morgan fingerprint density at radius 2 is 1.63 bits per heavy atom. The minimum absolute atomic E-state index is 0.0346. The first-order valence-electron chi connectivity index (χ1n) is 7.95. The molecule has 0 unspecified atom stereocenters. The van der Waals surface area contributed by atoms with Gasteiger partial charge in [0.1, 0.15) is 22.9 Å². The second-order valence-electron chi connectivity index (χ2n) is 6.01. The third kappa shape index (κ3) is 3.29. The fraction of sp³-hybridized carbons (Fsp3) is 0.105. The van der Waals surface area contributed by atoms with E-state index in [4.69, 9.17) is 9.15 Å². The zero-order valence-corrected chi connectivity index (χ0v) is 14.3. The highest BCUT2D eigenvalue weighted by molar-refractivity contribution is 5.72. The third-order valence-electron chi connectivity index (χ3n) is 3.88. The van der Waals surface area contributed by atoms with Gasteiger partial charge in [-0.25, -0.2) is 18.7 Å². The van der Waals surface area contributed by atoms with Gasteiger partial charge in [-0.15, -0.1) is 0 Å². The highest BCUT2D eigenvalue weighted by Gasteiger charge is 2.15. The summed E-state index contributed by atoms with van der Waals surface area (Å²) in [6.07, 6.45) is 1.38. The molecule has 4 rings (SSSR count). The van der Waals surface area contributed by atoms with Crippen molar-refractivity contribution in [1.82, 2.24) is 15.0 Å². The van der Waals surface area contributed by atoms with Crippen LogP contribution in [0.15, 0.2) is 40.9 Å². The molecule has 0 amide bonds. The van der Waals surface area contributed by atoms with Gasteiger partial charge in [0.25, 0.3) is 5.71 Å². The fourth-order valence-corrected chi connectivity index (χ4v) is 2.66. The van der Waals surface area contributed by atoms with Crippen LogP contribution < -0.4 is 4.74 Å². The van der Waals surface area contributed by atoms with Crippen molar-refractivity contribution in [2.45, 2.75) is 13.8 Å². The van der Waals surface area contributed by atoms with Crippen LogP contribution in [0, 0.1) is 25.5 Å². The molecule has 6 nitrogen and oxygen atoms in total. The number of hydrogen-bond acceptors (Lipinski definition) is 5. The minimum atomic E-state index is -0.777. The molecule has 2 aromatic carbocycles. The Hall–Kier alpha value is -3.55. The van der Waals surface area contributed by atoms with Gasteiger partial charge >= 0.3 is 6.01 Å². The zero-order chi connectivity index (χ0) is 19.1. The first-order valence-corrected chi connectivity index (χ1v) is 7.95. The predicted octanol–water partition coefficient (Wildman–Crippen LogP) is 5.12. The molecule has 0 bridgehead atoms. The van der Waals surface area contributed by atoms with Gasteiger partial charge in [0.2, 0.25) is 5.89 Å². The Morgan fingerprint density at radius 1 is 0.963 bits per heavy atom. The summed E-state index contributed by atoms with van der Waals surface area (Å²) in [5.41, 5.74) is 2.32. The molecule has 2 aromatic heterocycles. The van der Waals surface area contributed by atoms with E-state index in [9.17, 15) is 13.9 Å².